The first kappa shape index (κ1) is 34.2. The highest BCUT2D eigenvalue weighted by Gasteiger charge is 2.78. The van der Waals surface area contributed by atoms with E-state index in [0.717, 1.165) is 18.8 Å². The van der Waals surface area contributed by atoms with Gasteiger partial charge in [-0.2, -0.15) is 0 Å². The predicted molar refractivity (Wildman–Crippen MR) is 184 cm³/mol. The molecule has 3 aliphatic rings. The number of likely N-dealkylation sites (tertiary alicyclic amines) is 1. The molecule has 1 N–H and O–H groups in total. The standard InChI is InChI=1S/C37H48N4O6/c1-7-22-39(28-16-18-29(19-17-28)46-11-5)33(43)30-31-34(44)41(24-25-42)32(37(31)21-20-36(30,6)47-37)35(45)40(23-8-2)27-14-12-26(13-15-27)38(9-3)10-4/h7-8,12-19,30-32,42H,1-2,9-11,20-25H2,3-6H3/t30-,31+,32?,36+,37?/m1/s1. The van der Waals surface area contributed by atoms with E-state index >= 15 is 0 Å². The number of carbonyl (C=O) groups excluding carboxylic acids is 3. The number of β-amino-alcohol motifs (C(OH)–C–C–N with tert-alkyl or cyclic N) is 1. The van der Waals surface area contributed by atoms with Crippen molar-refractivity contribution in [2.75, 3.05) is 60.6 Å². The largest absolute Gasteiger partial charge is 0.494 e. The number of anilines is 3. The van der Waals surface area contributed by atoms with E-state index in [2.05, 4.69) is 31.9 Å². The van der Waals surface area contributed by atoms with Crippen LogP contribution in [0, 0.1) is 11.8 Å². The molecule has 0 saturated carbocycles. The van der Waals surface area contributed by atoms with E-state index in [4.69, 9.17) is 9.47 Å². The number of hydrogen-bond acceptors (Lipinski definition) is 7. The van der Waals surface area contributed by atoms with Gasteiger partial charge in [0.2, 0.25) is 11.8 Å². The second-order valence-corrected chi connectivity index (χ2v) is 12.6. The molecular weight excluding hydrogens is 596 g/mol. The second-order valence-electron chi connectivity index (χ2n) is 12.6. The third kappa shape index (κ3) is 5.82. The SMILES string of the molecule is C=CCN(C(=O)C1N(CCO)C(=O)[C@@H]2[C@H](C(=O)N(CC=C)c3ccc(OCC)cc3)[C@]3(C)CCC12O3)c1ccc(N(CC)CC)cc1. The summed E-state index contributed by atoms with van der Waals surface area (Å²) in [6.07, 6.45) is 4.26. The van der Waals surface area contributed by atoms with Gasteiger partial charge >= 0.3 is 0 Å². The Morgan fingerprint density at radius 3 is 2.02 bits per heavy atom. The third-order valence-corrected chi connectivity index (χ3v) is 10.0. The zero-order valence-electron chi connectivity index (χ0n) is 28.1. The maximum atomic E-state index is 14.7. The average molecular weight is 645 g/mol. The van der Waals surface area contributed by atoms with Gasteiger partial charge in [-0.25, -0.2) is 0 Å². The molecule has 252 valence electrons. The molecule has 0 radical (unpaired) electrons. The third-order valence-electron chi connectivity index (χ3n) is 10.0. The van der Waals surface area contributed by atoms with Gasteiger partial charge in [-0.05, 0) is 89.1 Å². The lowest BCUT2D eigenvalue weighted by atomic mass is 9.66. The molecule has 3 heterocycles. The zero-order chi connectivity index (χ0) is 33.9. The van der Waals surface area contributed by atoms with Crippen LogP contribution >= 0.6 is 0 Å². The first-order valence-electron chi connectivity index (χ1n) is 16.7. The van der Waals surface area contributed by atoms with Crippen molar-refractivity contribution in [2.45, 2.75) is 57.8 Å². The molecule has 47 heavy (non-hydrogen) atoms. The van der Waals surface area contributed by atoms with Crippen molar-refractivity contribution >= 4 is 34.8 Å². The summed E-state index contributed by atoms with van der Waals surface area (Å²) in [6, 6.07) is 14.0. The van der Waals surface area contributed by atoms with E-state index in [1.807, 2.05) is 62.4 Å². The summed E-state index contributed by atoms with van der Waals surface area (Å²) >= 11 is 0. The normalized spacial score (nSPS) is 25.8. The van der Waals surface area contributed by atoms with Crippen molar-refractivity contribution < 1.29 is 29.0 Å². The molecule has 1 spiro atoms. The minimum absolute atomic E-state index is 0.0490. The highest BCUT2D eigenvalue weighted by Crippen LogP contribution is 2.63. The summed E-state index contributed by atoms with van der Waals surface area (Å²) in [5, 5.41) is 10.1. The number of rotatable bonds is 15. The molecule has 3 amide bonds. The van der Waals surface area contributed by atoms with Crippen molar-refractivity contribution in [1.82, 2.24) is 4.90 Å². The van der Waals surface area contributed by atoms with Crippen LogP contribution < -0.4 is 19.4 Å². The lowest BCUT2D eigenvalue weighted by Gasteiger charge is -2.37. The maximum absolute atomic E-state index is 14.7. The van der Waals surface area contributed by atoms with Gasteiger partial charge in [0.15, 0.2) is 0 Å². The highest BCUT2D eigenvalue weighted by atomic mass is 16.5. The maximum Gasteiger partial charge on any atom is 0.253 e. The lowest BCUT2D eigenvalue weighted by Crippen LogP contribution is -2.57. The number of fused-ring (bicyclic) bond motifs is 1. The summed E-state index contributed by atoms with van der Waals surface area (Å²) < 4.78 is 12.4. The molecule has 3 aliphatic heterocycles. The molecule has 5 atom stereocenters. The van der Waals surface area contributed by atoms with Crippen molar-refractivity contribution in [1.29, 1.82) is 0 Å². The van der Waals surface area contributed by atoms with E-state index in [1.165, 1.54) is 4.90 Å². The summed E-state index contributed by atoms with van der Waals surface area (Å²) in [6.45, 7) is 18.0. The Labute approximate surface area is 278 Å². The fourth-order valence-corrected chi connectivity index (χ4v) is 7.97. The number of amides is 3. The van der Waals surface area contributed by atoms with E-state index in [0.29, 0.717) is 36.6 Å². The molecule has 2 bridgehead atoms. The van der Waals surface area contributed by atoms with Crippen LogP contribution in [0.5, 0.6) is 5.75 Å². The van der Waals surface area contributed by atoms with Crippen LogP contribution in [0.2, 0.25) is 0 Å². The molecule has 2 aromatic rings. The first-order valence-corrected chi connectivity index (χ1v) is 16.7. The lowest BCUT2D eigenvalue weighted by molar-refractivity contribution is -0.145. The summed E-state index contributed by atoms with van der Waals surface area (Å²) in [5.41, 5.74) is 0.179. The summed E-state index contributed by atoms with van der Waals surface area (Å²) in [7, 11) is 0. The Morgan fingerprint density at radius 1 is 0.936 bits per heavy atom. The van der Waals surface area contributed by atoms with Crippen LogP contribution in [0.3, 0.4) is 0 Å². The monoisotopic (exact) mass is 644 g/mol. The van der Waals surface area contributed by atoms with E-state index in [1.54, 1.807) is 22.0 Å². The topological polar surface area (TPSA) is 103 Å². The van der Waals surface area contributed by atoms with Gasteiger partial charge in [0.05, 0.1) is 30.7 Å². The van der Waals surface area contributed by atoms with E-state index < -0.39 is 29.1 Å². The average Bonchev–Trinajstić information content (AvgIpc) is 3.64. The summed E-state index contributed by atoms with van der Waals surface area (Å²) in [5.74, 6) is -1.97. The number of aliphatic hydroxyl groups is 1. The Morgan fingerprint density at radius 2 is 1.49 bits per heavy atom. The molecule has 2 unspecified atom stereocenters. The van der Waals surface area contributed by atoms with Crippen molar-refractivity contribution in [3.8, 4) is 5.75 Å². The van der Waals surface area contributed by atoms with Crippen LogP contribution in [-0.4, -0.2) is 90.9 Å². The molecule has 0 aliphatic carbocycles. The second kappa shape index (κ2) is 13.9. The van der Waals surface area contributed by atoms with Crippen LogP contribution in [-0.2, 0) is 19.1 Å². The number of ether oxygens (including phenoxy) is 2. The Kier molecular flexibility index (Phi) is 10.1. The molecule has 3 saturated heterocycles. The molecular formula is C37H48N4O6. The fourth-order valence-electron chi connectivity index (χ4n) is 7.97. The van der Waals surface area contributed by atoms with Gasteiger partial charge in [-0.1, -0.05) is 12.2 Å². The zero-order valence-corrected chi connectivity index (χ0v) is 28.1. The number of hydrogen-bond donors (Lipinski definition) is 1. The number of nitrogens with zero attached hydrogens (tertiary/aromatic N) is 4. The molecule has 5 rings (SSSR count). The van der Waals surface area contributed by atoms with Crippen LogP contribution in [0.4, 0.5) is 17.1 Å². The number of carbonyl (C=O) groups is 3. The predicted octanol–water partition coefficient (Wildman–Crippen LogP) is 4.43. The van der Waals surface area contributed by atoms with Crippen LogP contribution in [0.25, 0.3) is 0 Å². The minimum atomic E-state index is -1.22. The van der Waals surface area contributed by atoms with Crippen molar-refractivity contribution in [3.05, 3.63) is 73.8 Å². The number of aliphatic hydroxyl groups excluding tert-OH is 1. The molecule has 3 fully saturated rings. The Balaban J connectivity index is 1.52. The quantitative estimate of drug-likeness (QED) is 0.286. The molecule has 2 aromatic carbocycles. The molecule has 0 aromatic heterocycles. The Hall–Kier alpha value is -4.15. The van der Waals surface area contributed by atoms with Gasteiger partial charge in [0.25, 0.3) is 5.91 Å². The molecule has 10 nitrogen and oxygen atoms in total. The fraction of sp³-hybridized carbons (Fsp3) is 0.486. The Bertz CT molecular complexity index is 1470. The van der Waals surface area contributed by atoms with Crippen LogP contribution in [0.15, 0.2) is 73.8 Å². The van der Waals surface area contributed by atoms with Gasteiger partial charge in [-0.3, -0.25) is 14.4 Å². The highest BCUT2D eigenvalue weighted by molar-refractivity contribution is 6.07. The van der Waals surface area contributed by atoms with E-state index in [9.17, 15) is 19.5 Å². The van der Waals surface area contributed by atoms with Crippen LogP contribution in [0.1, 0.15) is 40.5 Å². The van der Waals surface area contributed by atoms with Gasteiger partial charge in [0, 0.05) is 49.8 Å². The smallest absolute Gasteiger partial charge is 0.253 e. The summed E-state index contributed by atoms with van der Waals surface area (Å²) in [4.78, 5) is 50.6. The van der Waals surface area contributed by atoms with E-state index in [-0.39, 0.29) is 44.0 Å². The number of benzene rings is 2. The van der Waals surface area contributed by atoms with Gasteiger partial charge in [-0.15, -0.1) is 13.2 Å². The van der Waals surface area contributed by atoms with Crippen molar-refractivity contribution in [3.63, 3.8) is 0 Å². The van der Waals surface area contributed by atoms with Gasteiger partial charge in [0.1, 0.15) is 17.4 Å². The van der Waals surface area contributed by atoms with Crippen molar-refractivity contribution in [2.24, 2.45) is 11.8 Å². The first-order chi connectivity index (χ1) is 22.6. The minimum Gasteiger partial charge on any atom is -0.494 e. The molecule has 10 heteroatoms. The van der Waals surface area contributed by atoms with Gasteiger partial charge < -0.3 is 34.2 Å².